The lowest BCUT2D eigenvalue weighted by Crippen LogP contribution is -2.35. The predicted molar refractivity (Wildman–Crippen MR) is 46.8 cm³/mol. The molecule has 1 rings (SSSR count). The second kappa shape index (κ2) is 4.19. The summed E-state index contributed by atoms with van der Waals surface area (Å²) in [5, 5.41) is 8.96. The highest BCUT2D eigenvalue weighted by molar-refractivity contribution is 4.85. The second-order valence-electron chi connectivity index (χ2n) is 4.02. The van der Waals surface area contributed by atoms with Gasteiger partial charge in [0.25, 0.3) is 0 Å². The first-order valence-electron chi connectivity index (χ1n) is 4.62. The van der Waals surface area contributed by atoms with Crippen molar-refractivity contribution < 1.29 is 9.50 Å². The minimum absolute atomic E-state index is 0.0578. The molecular formula is C9H18FNO. The van der Waals surface area contributed by atoms with Crippen molar-refractivity contribution in [2.24, 2.45) is 5.92 Å². The van der Waals surface area contributed by atoms with Crippen LogP contribution < -0.4 is 0 Å². The highest BCUT2D eigenvalue weighted by Gasteiger charge is 2.31. The summed E-state index contributed by atoms with van der Waals surface area (Å²) in [5.41, 5.74) is 0. The van der Waals surface area contributed by atoms with E-state index in [-0.39, 0.29) is 12.6 Å². The Kier molecular flexibility index (Phi) is 3.47. The number of hydrogen-bond acceptors (Lipinski definition) is 2. The molecule has 2 atom stereocenters. The van der Waals surface area contributed by atoms with E-state index in [0.717, 1.165) is 6.54 Å². The molecule has 72 valence electrons. The number of halogens is 1. The van der Waals surface area contributed by atoms with Crippen LogP contribution in [0.4, 0.5) is 4.39 Å². The van der Waals surface area contributed by atoms with E-state index in [1.807, 2.05) is 0 Å². The lowest BCUT2D eigenvalue weighted by molar-refractivity contribution is 0.147. The van der Waals surface area contributed by atoms with Gasteiger partial charge in [-0.1, -0.05) is 13.8 Å². The van der Waals surface area contributed by atoms with Crippen LogP contribution in [0.15, 0.2) is 0 Å². The number of hydrogen-bond donors (Lipinski definition) is 1. The summed E-state index contributed by atoms with van der Waals surface area (Å²) >= 11 is 0. The third kappa shape index (κ3) is 2.42. The molecule has 1 aliphatic heterocycles. The first-order valence-corrected chi connectivity index (χ1v) is 4.62. The largest absolute Gasteiger partial charge is 0.395 e. The highest BCUT2D eigenvalue weighted by atomic mass is 19.1. The first-order chi connectivity index (χ1) is 5.63. The van der Waals surface area contributed by atoms with Crippen molar-refractivity contribution in [1.82, 2.24) is 4.90 Å². The molecule has 1 heterocycles. The lowest BCUT2D eigenvalue weighted by atomic mass is 10.2. The number of aliphatic hydroxyl groups excluding tert-OH is 1. The monoisotopic (exact) mass is 175 g/mol. The van der Waals surface area contributed by atoms with Gasteiger partial charge < -0.3 is 5.11 Å². The quantitative estimate of drug-likeness (QED) is 0.693. The van der Waals surface area contributed by atoms with Gasteiger partial charge >= 0.3 is 0 Å². The van der Waals surface area contributed by atoms with E-state index in [1.54, 1.807) is 0 Å². The van der Waals surface area contributed by atoms with Crippen molar-refractivity contribution in [3.05, 3.63) is 0 Å². The minimum atomic E-state index is -0.735. The fourth-order valence-corrected chi connectivity index (χ4v) is 1.80. The van der Waals surface area contributed by atoms with Crippen LogP contribution in [-0.2, 0) is 0 Å². The van der Waals surface area contributed by atoms with Crippen LogP contribution in [-0.4, -0.2) is 41.9 Å². The van der Waals surface area contributed by atoms with E-state index in [0.29, 0.717) is 18.9 Å². The average molecular weight is 175 g/mol. The molecule has 2 nitrogen and oxygen atoms in total. The molecule has 0 aromatic rings. The van der Waals surface area contributed by atoms with Gasteiger partial charge in [-0.15, -0.1) is 0 Å². The SMILES string of the molecule is CC(C)CN1CC(F)CC1CO. The Hall–Kier alpha value is -0.150. The van der Waals surface area contributed by atoms with Crippen LogP contribution in [0.2, 0.25) is 0 Å². The Bertz CT molecular complexity index is 140. The van der Waals surface area contributed by atoms with Crippen LogP contribution in [0, 0.1) is 5.92 Å². The molecule has 0 aromatic heterocycles. The summed E-state index contributed by atoms with van der Waals surface area (Å²) in [4.78, 5) is 2.05. The van der Waals surface area contributed by atoms with Crippen molar-refractivity contribution in [2.75, 3.05) is 19.7 Å². The molecule has 0 saturated carbocycles. The molecule has 3 heteroatoms. The summed E-state index contributed by atoms with van der Waals surface area (Å²) in [6, 6.07) is 0.0578. The van der Waals surface area contributed by atoms with Gasteiger partial charge in [-0.3, -0.25) is 4.90 Å². The molecule has 12 heavy (non-hydrogen) atoms. The third-order valence-electron chi connectivity index (χ3n) is 2.29. The van der Waals surface area contributed by atoms with Gasteiger partial charge in [0.05, 0.1) is 6.61 Å². The van der Waals surface area contributed by atoms with Crippen LogP contribution in [0.25, 0.3) is 0 Å². The molecule has 0 aromatic carbocycles. The first kappa shape index (κ1) is 9.93. The van der Waals surface area contributed by atoms with Gasteiger partial charge in [0, 0.05) is 19.1 Å². The summed E-state index contributed by atoms with van der Waals surface area (Å²) in [5.74, 6) is 0.546. The van der Waals surface area contributed by atoms with Gasteiger partial charge in [-0.05, 0) is 12.3 Å². The van der Waals surface area contributed by atoms with Crippen molar-refractivity contribution in [1.29, 1.82) is 0 Å². The topological polar surface area (TPSA) is 23.5 Å². The van der Waals surface area contributed by atoms with Gasteiger partial charge in [-0.2, -0.15) is 0 Å². The van der Waals surface area contributed by atoms with Crippen LogP contribution in [0.1, 0.15) is 20.3 Å². The minimum Gasteiger partial charge on any atom is -0.395 e. The molecule has 1 N–H and O–H groups in total. The molecule has 0 spiro atoms. The van der Waals surface area contributed by atoms with Gasteiger partial charge in [0.1, 0.15) is 6.17 Å². The van der Waals surface area contributed by atoms with E-state index in [4.69, 9.17) is 5.11 Å². The highest BCUT2D eigenvalue weighted by Crippen LogP contribution is 2.20. The smallest absolute Gasteiger partial charge is 0.114 e. The van der Waals surface area contributed by atoms with E-state index in [1.165, 1.54) is 0 Å². The zero-order valence-electron chi connectivity index (χ0n) is 7.83. The molecule has 0 amide bonds. The summed E-state index contributed by atoms with van der Waals surface area (Å²) in [6.07, 6.45) is -0.232. The van der Waals surface area contributed by atoms with Crippen molar-refractivity contribution in [3.8, 4) is 0 Å². The lowest BCUT2D eigenvalue weighted by Gasteiger charge is -2.23. The molecule has 0 radical (unpaired) electrons. The number of aliphatic hydroxyl groups is 1. The Balaban J connectivity index is 2.40. The maximum absolute atomic E-state index is 12.9. The van der Waals surface area contributed by atoms with Crippen molar-refractivity contribution in [2.45, 2.75) is 32.5 Å². The maximum Gasteiger partial charge on any atom is 0.114 e. The Morgan fingerprint density at radius 3 is 2.75 bits per heavy atom. The summed E-state index contributed by atoms with van der Waals surface area (Å²) in [7, 11) is 0. The van der Waals surface area contributed by atoms with Gasteiger partial charge in [0.15, 0.2) is 0 Å². The normalized spacial score (nSPS) is 31.8. The number of likely N-dealkylation sites (tertiary alicyclic amines) is 1. The fraction of sp³-hybridized carbons (Fsp3) is 1.00. The Morgan fingerprint density at radius 1 is 1.58 bits per heavy atom. The Morgan fingerprint density at radius 2 is 2.25 bits per heavy atom. The predicted octanol–water partition coefficient (Wildman–Crippen LogP) is 1.05. The zero-order valence-corrected chi connectivity index (χ0v) is 7.83. The molecular weight excluding hydrogens is 157 g/mol. The van der Waals surface area contributed by atoms with Gasteiger partial charge in [-0.25, -0.2) is 4.39 Å². The molecule has 1 fully saturated rings. The van der Waals surface area contributed by atoms with Crippen LogP contribution in [0.5, 0.6) is 0 Å². The number of nitrogens with zero attached hydrogens (tertiary/aromatic N) is 1. The van der Waals surface area contributed by atoms with E-state index < -0.39 is 6.17 Å². The van der Waals surface area contributed by atoms with Gasteiger partial charge in [0.2, 0.25) is 0 Å². The summed E-state index contributed by atoms with van der Waals surface area (Å²) in [6.45, 7) is 5.71. The van der Waals surface area contributed by atoms with Crippen molar-refractivity contribution in [3.63, 3.8) is 0 Å². The molecule has 0 aliphatic carbocycles. The van der Waals surface area contributed by atoms with Crippen molar-refractivity contribution >= 4 is 0 Å². The standard InChI is InChI=1S/C9H18FNO/c1-7(2)4-11-5-8(10)3-9(11)6-12/h7-9,12H,3-6H2,1-2H3. The van der Waals surface area contributed by atoms with E-state index >= 15 is 0 Å². The molecule has 1 saturated heterocycles. The number of rotatable bonds is 3. The zero-order chi connectivity index (χ0) is 9.14. The molecule has 2 unspecified atom stereocenters. The maximum atomic E-state index is 12.9. The molecule has 0 bridgehead atoms. The molecule has 1 aliphatic rings. The fourth-order valence-electron chi connectivity index (χ4n) is 1.80. The summed E-state index contributed by atoms with van der Waals surface area (Å²) < 4.78 is 12.9. The second-order valence-corrected chi connectivity index (χ2v) is 4.02. The average Bonchev–Trinajstić information content (AvgIpc) is 2.29. The third-order valence-corrected chi connectivity index (χ3v) is 2.29. The van der Waals surface area contributed by atoms with E-state index in [9.17, 15) is 4.39 Å². The van der Waals surface area contributed by atoms with E-state index in [2.05, 4.69) is 18.7 Å². The Labute approximate surface area is 73.4 Å². The van der Waals surface area contributed by atoms with Crippen LogP contribution in [0.3, 0.4) is 0 Å². The van der Waals surface area contributed by atoms with Crippen LogP contribution >= 0.6 is 0 Å². The number of alkyl halides is 1.